The van der Waals surface area contributed by atoms with Crippen molar-refractivity contribution >= 4 is 11.6 Å². The molecule has 0 aliphatic carbocycles. The third-order valence-electron chi connectivity index (χ3n) is 3.12. The minimum atomic E-state index is -0.429. The van der Waals surface area contributed by atoms with Crippen molar-refractivity contribution < 1.29 is 5.11 Å². The number of hydrogen-bond acceptors (Lipinski definition) is 1. The zero-order chi connectivity index (χ0) is 13.0. The first kappa shape index (κ1) is 13.1. The topological polar surface area (TPSA) is 20.2 Å². The van der Waals surface area contributed by atoms with Gasteiger partial charge in [0.25, 0.3) is 0 Å². The highest BCUT2D eigenvalue weighted by atomic mass is 35.5. The summed E-state index contributed by atoms with van der Waals surface area (Å²) in [7, 11) is 0. The van der Waals surface area contributed by atoms with Crippen LogP contribution in [0.2, 0.25) is 5.02 Å². The molecule has 0 aromatic heterocycles. The summed E-state index contributed by atoms with van der Waals surface area (Å²) in [4.78, 5) is 0. The number of rotatable bonds is 4. The van der Waals surface area contributed by atoms with Gasteiger partial charge in [0.2, 0.25) is 0 Å². The maximum Gasteiger partial charge on any atom is 0.0793 e. The molecule has 1 atom stereocenters. The molecule has 18 heavy (non-hydrogen) atoms. The van der Waals surface area contributed by atoms with E-state index in [4.69, 9.17) is 11.6 Å². The lowest BCUT2D eigenvalue weighted by Gasteiger charge is -2.12. The molecule has 0 saturated carbocycles. The molecule has 2 heteroatoms. The van der Waals surface area contributed by atoms with Crippen molar-refractivity contribution in [3.05, 3.63) is 70.2 Å². The number of aliphatic hydroxyl groups is 1. The second-order valence-corrected chi connectivity index (χ2v) is 4.96. The molecule has 0 bridgehead atoms. The van der Waals surface area contributed by atoms with Gasteiger partial charge in [-0.3, -0.25) is 0 Å². The fraction of sp³-hybridized carbons (Fsp3) is 0.250. The zero-order valence-electron chi connectivity index (χ0n) is 10.4. The molecule has 94 valence electrons. The summed E-state index contributed by atoms with van der Waals surface area (Å²) >= 11 is 5.98. The number of benzene rings is 2. The van der Waals surface area contributed by atoms with Crippen molar-refractivity contribution in [2.24, 2.45) is 0 Å². The summed E-state index contributed by atoms with van der Waals surface area (Å²) in [6, 6.07) is 15.9. The normalized spacial score (nSPS) is 12.4. The van der Waals surface area contributed by atoms with Crippen LogP contribution < -0.4 is 0 Å². The summed E-state index contributed by atoms with van der Waals surface area (Å²) < 4.78 is 0. The van der Waals surface area contributed by atoms with E-state index in [0.717, 1.165) is 29.0 Å². The van der Waals surface area contributed by atoms with E-state index in [1.54, 1.807) is 0 Å². The van der Waals surface area contributed by atoms with Crippen LogP contribution in [0.1, 0.15) is 29.2 Å². The van der Waals surface area contributed by atoms with Gasteiger partial charge in [0, 0.05) is 5.02 Å². The standard InChI is InChI=1S/C16H17ClO/c1-12-11-14(8-9-15(12)17)16(18)10-7-13-5-3-2-4-6-13/h2-6,8-9,11,16,18H,7,10H2,1H3. The van der Waals surface area contributed by atoms with Gasteiger partial charge in [-0.25, -0.2) is 0 Å². The predicted molar refractivity (Wildman–Crippen MR) is 75.9 cm³/mol. The number of aliphatic hydroxyl groups excluding tert-OH is 1. The molecular weight excluding hydrogens is 244 g/mol. The molecule has 0 heterocycles. The average molecular weight is 261 g/mol. The van der Waals surface area contributed by atoms with E-state index in [0.29, 0.717) is 0 Å². The molecule has 1 unspecified atom stereocenters. The fourth-order valence-corrected chi connectivity index (χ4v) is 2.11. The largest absolute Gasteiger partial charge is 0.388 e. The zero-order valence-corrected chi connectivity index (χ0v) is 11.2. The van der Waals surface area contributed by atoms with Gasteiger partial charge in [0.05, 0.1) is 6.10 Å². The Hall–Kier alpha value is -1.31. The van der Waals surface area contributed by atoms with Crippen LogP contribution in [0.5, 0.6) is 0 Å². The Bertz CT molecular complexity index is 508. The van der Waals surface area contributed by atoms with E-state index in [-0.39, 0.29) is 0 Å². The van der Waals surface area contributed by atoms with Gasteiger partial charge in [-0.2, -0.15) is 0 Å². The van der Waals surface area contributed by atoms with Crippen LogP contribution >= 0.6 is 11.6 Å². The third kappa shape index (κ3) is 3.34. The second kappa shape index (κ2) is 6.03. The molecular formula is C16H17ClO. The highest BCUT2D eigenvalue weighted by Gasteiger charge is 2.08. The van der Waals surface area contributed by atoms with Gasteiger partial charge >= 0.3 is 0 Å². The van der Waals surface area contributed by atoms with Crippen LogP contribution in [0.4, 0.5) is 0 Å². The highest BCUT2D eigenvalue weighted by molar-refractivity contribution is 6.31. The Morgan fingerprint density at radius 1 is 1.11 bits per heavy atom. The quantitative estimate of drug-likeness (QED) is 0.868. The van der Waals surface area contributed by atoms with Crippen LogP contribution in [-0.4, -0.2) is 5.11 Å². The first-order valence-corrected chi connectivity index (χ1v) is 6.52. The van der Waals surface area contributed by atoms with Crippen LogP contribution in [0.3, 0.4) is 0 Å². The van der Waals surface area contributed by atoms with Crippen LogP contribution in [0.25, 0.3) is 0 Å². The van der Waals surface area contributed by atoms with E-state index >= 15 is 0 Å². The summed E-state index contributed by atoms with van der Waals surface area (Å²) in [5, 5.41) is 10.9. The highest BCUT2D eigenvalue weighted by Crippen LogP contribution is 2.23. The second-order valence-electron chi connectivity index (χ2n) is 4.55. The average Bonchev–Trinajstić information content (AvgIpc) is 2.40. The molecule has 0 spiro atoms. The molecule has 0 saturated heterocycles. The predicted octanol–water partition coefficient (Wildman–Crippen LogP) is 4.31. The minimum Gasteiger partial charge on any atom is -0.388 e. The molecule has 2 aromatic carbocycles. The SMILES string of the molecule is Cc1cc(C(O)CCc2ccccc2)ccc1Cl. The van der Waals surface area contributed by atoms with Crippen molar-refractivity contribution in [3.8, 4) is 0 Å². The minimum absolute atomic E-state index is 0.429. The summed E-state index contributed by atoms with van der Waals surface area (Å²) in [5.41, 5.74) is 3.20. The molecule has 1 nitrogen and oxygen atoms in total. The summed E-state index contributed by atoms with van der Waals surface area (Å²) in [6.07, 6.45) is 1.18. The van der Waals surface area contributed by atoms with Gasteiger partial charge in [0.15, 0.2) is 0 Å². The van der Waals surface area contributed by atoms with Crippen molar-refractivity contribution in [3.63, 3.8) is 0 Å². The first-order chi connectivity index (χ1) is 8.66. The Morgan fingerprint density at radius 3 is 2.50 bits per heavy atom. The van der Waals surface area contributed by atoms with E-state index in [2.05, 4.69) is 12.1 Å². The summed E-state index contributed by atoms with van der Waals surface area (Å²) in [5.74, 6) is 0. The number of aryl methyl sites for hydroxylation is 2. The Balaban J connectivity index is 1.99. The Labute approximate surface area is 113 Å². The van der Waals surface area contributed by atoms with E-state index < -0.39 is 6.10 Å². The molecule has 0 fully saturated rings. The molecule has 2 rings (SSSR count). The third-order valence-corrected chi connectivity index (χ3v) is 3.54. The maximum atomic E-state index is 10.2. The molecule has 2 aromatic rings. The molecule has 1 N–H and O–H groups in total. The van der Waals surface area contributed by atoms with Crippen molar-refractivity contribution in [1.82, 2.24) is 0 Å². The lowest BCUT2D eigenvalue weighted by atomic mass is 10.00. The van der Waals surface area contributed by atoms with Gasteiger partial charge < -0.3 is 5.11 Å². The lowest BCUT2D eigenvalue weighted by molar-refractivity contribution is 0.168. The van der Waals surface area contributed by atoms with E-state index in [1.165, 1.54) is 5.56 Å². The molecule has 0 radical (unpaired) electrons. The van der Waals surface area contributed by atoms with Gasteiger partial charge in [-0.05, 0) is 42.5 Å². The fourth-order valence-electron chi connectivity index (χ4n) is 1.99. The van der Waals surface area contributed by atoms with Crippen LogP contribution in [0.15, 0.2) is 48.5 Å². The first-order valence-electron chi connectivity index (χ1n) is 6.15. The van der Waals surface area contributed by atoms with Crippen molar-refractivity contribution in [2.45, 2.75) is 25.9 Å². The van der Waals surface area contributed by atoms with Crippen LogP contribution in [0, 0.1) is 6.92 Å². The maximum absolute atomic E-state index is 10.2. The van der Waals surface area contributed by atoms with E-state index in [9.17, 15) is 5.11 Å². The van der Waals surface area contributed by atoms with Gasteiger partial charge in [0.1, 0.15) is 0 Å². The van der Waals surface area contributed by atoms with Crippen molar-refractivity contribution in [2.75, 3.05) is 0 Å². The Morgan fingerprint density at radius 2 is 1.83 bits per heavy atom. The van der Waals surface area contributed by atoms with Gasteiger partial charge in [-0.15, -0.1) is 0 Å². The number of halogens is 1. The van der Waals surface area contributed by atoms with Crippen LogP contribution in [-0.2, 0) is 6.42 Å². The molecule has 0 aliphatic rings. The Kier molecular flexibility index (Phi) is 4.40. The lowest BCUT2D eigenvalue weighted by Crippen LogP contribution is -2.00. The molecule has 0 amide bonds. The monoisotopic (exact) mass is 260 g/mol. The van der Waals surface area contributed by atoms with Crippen molar-refractivity contribution in [1.29, 1.82) is 0 Å². The smallest absolute Gasteiger partial charge is 0.0793 e. The van der Waals surface area contributed by atoms with Gasteiger partial charge in [-0.1, -0.05) is 54.1 Å². The van der Waals surface area contributed by atoms with E-state index in [1.807, 2.05) is 43.3 Å². The summed E-state index contributed by atoms with van der Waals surface area (Å²) in [6.45, 7) is 1.95. The number of hydrogen-bond donors (Lipinski definition) is 1. The molecule has 0 aliphatic heterocycles.